The number of carbonyl (C=O) groups excluding carboxylic acids is 1. The Morgan fingerprint density at radius 2 is 2.00 bits per heavy atom. The van der Waals surface area contributed by atoms with Crippen LogP contribution in [0.2, 0.25) is 0 Å². The molecule has 0 aromatic heterocycles. The number of nitrogens with zero attached hydrogens (tertiary/aromatic N) is 1. The molecule has 0 aromatic carbocycles. The van der Waals surface area contributed by atoms with E-state index in [9.17, 15) is 4.79 Å². The molecule has 0 aliphatic heterocycles. The number of amides is 1. The Balaban J connectivity index is 2.39. The summed E-state index contributed by atoms with van der Waals surface area (Å²) < 4.78 is 0. The number of likely N-dealkylation sites (N-methyl/N-ethyl adjacent to an activating group) is 1. The molecule has 18 heavy (non-hydrogen) atoms. The molecule has 1 fully saturated rings. The lowest BCUT2D eigenvalue weighted by Crippen LogP contribution is -2.49. The van der Waals surface area contributed by atoms with Gasteiger partial charge in [0.2, 0.25) is 5.91 Å². The third-order valence-electron chi connectivity index (χ3n) is 4.08. The summed E-state index contributed by atoms with van der Waals surface area (Å²) in [5.74, 6) is 0.905. The summed E-state index contributed by atoms with van der Waals surface area (Å²) in [4.78, 5) is 14.1. The quantitative estimate of drug-likeness (QED) is 0.755. The lowest BCUT2D eigenvalue weighted by atomic mass is 9.87. The van der Waals surface area contributed by atoms with E-state index in [0.29, 0.717) is 12.6 Å². The predicted octanol–water partition coefficient (Wildman–Crippen LogP) is 1.38. The van der Waals surface area contributed by atoms with Gasteiger partial charge in [-0.3, -0.25) is 9.69 Å². The molecule has 1 rings (SSSR count). The van der Waals surface area contributed by atoms with Crippen molar-refractivity contribution in [2.45, 2.75) is 58.5 Å². The smallest absolute Gasteiger partial charge is 0.237 e. The van der Waals surface area contributed by atoms with E-state index in [2.05, 4.69) is 12.2 Å². The van der Waals surface area contributed by atoms with Crippen LogP contribution in [0.3, 0.4) is 0 Å². The Morgan fingerprint density at radius 3 is 2.50 bits per heavy atom. The van der Waals surface area contributed by atoms with Gasteiger partial charge in [-0.15, -0.1) is 0 Å². The third kappa shape index (κ3) is 4.58. The predicted molar refractivity (Wildman–Crippen MR) is 73.4 cm³/mol. The number of nitrogens with one attached hydrogen (secondary N) is 1. The Morgan fingerprint density at radius 1 is 1.39 bits per heavy atom. The fraction of sp³-hybridized carbons (Fsp3) is 0.929. The third-order valence-corrected chi connectivity index (χ3v) is 4.08. The minimum Gasteiger partial charge on any atom is -0.395 e. The second kappa shape index (κ2) is 7.74. The molecule has 0 saturated heterocycles. The molecule has 1 aliphatic rings. The summed E-state index contributed by atoms with van der Waals surface area (Å²) in [6, 6.07) is 0.200. The van der Waals surface area contributed by atoms with Crippen LogP contribution >= 0.6 is 0 Å². The van der Waals surface area contributed by atoms with Gasteiger partial charge in [-0.25, -0.2) is 0 Å². The molecule has 106 valence electrons. The molecule has 0 aromatic rings. The van der Waals surface area contributed by atoms with Crippen molar-refractivity contribution in [1.29, 1.82) is 0 Å². The topological polar surface area (TPSA) is 52.6 Å². The molecule has 0 radical (unpaired) electrons. The van der Waals surface area contributed by atoms with E-state index in [-0.39, 0.29) is 18.6 Å². The summed E-state index contributed by atoms with van der Waals surface area (Å²) in [7, 11) is 0. The Kier molecular flexibility index (Phi) is 6.65. The van der Waals surface area contributed by atoms with Crippen LogP contribution in [0, 0.1) is 5.92 Å². The van der Waals surface area contributed by atoms with Crippen LogP contribution < -0.4 is 5.32 Å². The van der Waals surface area contributed by atoms with Crippen molar-refractivity contribution in [2.75, 3.05) is 19.7 Å². The highest BCUT2D eigenvalue weighted by molar-refractivity contribution is 5.81. The van der Waals surface area contributed by atoms with E-state index in [1.54, 1.807) is 0 Å². The van der Waals surface area contributed by atoms with E-state index in [1.165, 1.54) is 12.8 Å². The van der Waals surface area contributed by atoms with Gasteiger partial charge in [0.15, 0.2) is 0 Å². The largest absolute Gasteiger partial charge is 0.395 e. The van der Waals surface area contributed by atoms with Crippen LogP contribution in [0.1, 0.15) is 46.5 Å². The van der Waals surface area contributed by atoms with Crippen LogP contribution in [0.15, 0.2) is 0 Å². The zero-order valence-corrected chi connectivity index (χ0v) is 12.0. The van der Waals surface area contributed by atoms with Gasteiger partial charge in [0, 0.05) is 12.6 Å². The second-order valence-electron chi connectivity index (χ2n) is 5.49. The fourth-order valence-electron chi connectivity index (χ4n) is 2.65. The SMILES string of the molecule is CCN(CCO)C(C)C(=O)NC1CCC(C)CC1. The van der Waals surface area contributed by atoms with Crippen molar-refractivity contribution in [3.63, 3.8) is 0 Å². The summed E-state index contributed by atoms with van der Waals surface area (Å²) >= 11 is 0. The summed E-state index contributed by atoms with van der Waals surface area (Å²) in [6.07, 6.45) is 4.64. The van der Waals surface area contributed by atoms with Gasteiger partial charge in [0.05, 0.1) is 12.6 Å². The second-order valence-corrected chi connectivity index (χ2v) is 5.49. The van der Waals surface area contributed by atoms with Crippen molar-refractivity contribution in [3.05, 3.63) is 0 Å². The van der Waals surface area contributed by atoms with Gasteiger partial charge in [-0.05, 0) is 45.1 Å². The maximum atomic E-state index is 12.1. The molecule has 0 bridgehead atoms. The number of hydrogen-bond donors (Lipinski definition) is 2. The lowest BCUT2D eigenvalue weighted by molar-refractivity contribution is -0.127. The minimum absolute atomic E-state index is 0.102. The molecular weight excluding hydrogens is 228 g/mol. The maximum absolute atomic E-state index is 12.1. The summed E-state index contributed by atoms with van der Waals surface area (Å²) in [6.45, 7) is 7.67. The number of rotatable bonds is 6. The highest BCUT2D eigenvalue weighted by atomic mass is 16.3. The standard InChI is InChI=1S/C14H28N2O2/c1-4-16(9-10-17)12(3)14(18)15-13-7-5-11(2)6-8-13/h11-13,17H,4-10H2,1-3H3,(H,15,18). The lowest BCUT2D eigenvalue weighted by Gasteiger charge is -2.31. The van der Waals surface area contributed by atoms with Crippen molar-refractivity contribution in [2.24, 2.45) is 5.92 Å². The van der Waals surface area contributed by atoms with E-state index < -0.39 is 0 Å². The van der Waals surface area contributed by atoms with Crippen LogP contribution in [0.4, 0.5) is 0 Å². The van der Waals surface area contributed by atoms with Gasteiger partial charge < -0.3 is 10.4 Å². The maximum Gasteiger partial charge on any atom is 0.237 e. The molecule has 2 N–H and O–H groups in total. The van der Waals surface area contributed by atoms with Gasteiger partial charge >= 0.3 is 0 Å². The first-order valence-corrected chi connectivity index (χ1v) is 7.23. The van der Waals surface area contributed by atoms with Crippen molar-refractivity contribution >= 4 is 5.91 Å². The highest BCUT2D eigenvalue weighted by Crippen LogP contribution is 2.23. The molecule has 1 saturated carbocycles. The molecule has 1 aliphatic carbocycles. The first-order valence-electron chi connectivity index (χ1n) is 7.23. The Hall–Kier alpha value is -0.610. The van der Waals surface area contributed by atoms with Crippen molar-refractivity contribution in [1.82, 2.24) is 10.2 Å². The molecule has 1 unspecified atom stereocenters. The average Bonchev–Trinajstić information content (AvgIpc) is 2.37. The number of aliphatic hydroxyl groups is 1. The molecule has 4 nitrogen and oxygen atoms in total. The van der Waals surface area contributed by atoms with Crippen LogP contribution in [0.5, 0.6) is 0 Å². The Bertz CT molecular complexity index is 250. The monoisotopic (exact) mass is 256 g/mol. The molecule has 4 heteroatoms. The molecule has 1 amide bonds. The zero-order valence-electron chi connectivity index (χ0n) is 12.0. The van der Waals surface area contributed by atoms with Gasteiger partial charge in [0.1, 0.15) is 0 Å². The van der Waals surface area contributed by atoms with E-state index in [0.717, 1.165) is 25.3 Å². The molecule has 1 atom stereocenters. The number of carbonyl (C=O) groups is 1. The van der Waals surface area contributed by atoms with Gasteiger partial charge in [0.25, 0.3) is 0 Å². The average molecular weight is 256 g/mol. The fourth-order valence-corrected chi connectivity index (χ4v) is 2.65. The number of aliphatic hydroxyl groups excluding tert-OH is 1. The first kappa shape index (κ1) is 15.4. The molecule has 0 heterocycles. The van der Waals surface area contributed by atoms with Crippen LogP contribution in [-0.4, -0.2) is 47.7 Å². The highest BCUT2D eigenvalue weighted by Gasteiger charge is 2.24. The minimum atomic E-state index is -0.151. The van der Waals surface area contributed by atoms with Crippen LogP contribution in [-0.2, 0) is 4.79 Å². The van der Waals surface area contributed by atoms with E-state index >= 15 is 0 Å². The van der Waals surface area contributed by atoms with E-state index in [1.807, 2.05) is 18.7 Å². The van der Waals surface area contributed by atoms with Crippen LogP contribution in [0.25, 0.3) is 0 Å². The van der Waals surface area contributed by atoms with Gasteiger partial charge in [-0.2, -0.15) is 0 Å². The van der Waals surface area contributed by atoms with Gasteiger partial charge in [-0.1, -0.05) is 13.8 Å². The van der Waals surface area contributed by atoms with E-state index in [4.69, 9.17) is 5.11 Å². The first-order chi connectivity index (χ1) is 8.58. The summed E-state index contributed by atoms with van der Waals surface area (Å²) in [5, 5.41) is 12.1. The Labute approximate surface area is 111 Å². The van der Waals surface area contributed by atoms with Crippen molar-refractivity contribution < 1.29 is 9.90 Å². The number of hydrogen-bond acceptors (Lipinski definition) is 3. The van der Waals surface area contributed by atoms with Crippen molar-refractivity contribution in [3.8, 4) is 0 Å². The normalized spacial score (nSPS) is 26.1. The molecular formula is C14H28N2O2. The zero-order chi connectivity index (χ0) is 13.5. The summed E-state index contributed by atoms with van der Waals surface area (Å²) in [5.41, 5.74) is 0. The molecule has 0 spiro atoms.